The van der Waals surface area contributed by atoms with E-state index in [0.717, 1.165) is 28.2 Å². The van der Waals surface area contributed by atoms with Gasteiger partial charge in [0, 0.05) is 26.2 Å². The third-order valence-electron chi connectivity index (χ3n) is 3.13. The summed E-state index contributed by atoms with van der Waals surface area (Å²) in [6, 6.07) is 16.9. The highest BCUT2D eigenvalue weighted by atomic mass is 79.9. The molecule has 0 aliphatic rings. The zero-order chi connectivity index (χ0) is 15.1. The van der Waals surface area contributed by atoms with E-state index in [4.69, 9.17) is 11.6 Å². The van der Waals surface area contributed by atoms with Crippen molar-refractivity contribution in [2.45, 2.75) is 24.3 Å². The number of rotatable bonds is 7. The van der Waals surface area contributed by atoms with Crippen LogP contribution in [0.25, 0.3) is 0 Å². The molecule has 112 valence electrons. The first-order valence-electron chi connectivity index (χ1n) is 7.06. The second-order valence-corrected chi connectivity index (χ2v) is 7.27. The zero-order valence-corrected chi connectivity index (χ0v) is 15.1. The molecule has 0 radical (unpaired) electrons. The summed E-state index contributed by atoms with van der Waals surface area (Å²) in [7, 11) is 0. The van der Waals surface area contributed by atoms with Gasteiger partial charge in [-0.3, -0.25) is 0 Å². The predicted molar refractivity (Wildman–Crippen MR) is 97.4 cm³/mol. The molecule has 2 aromatic carbocycles. The number of nitrogens with one attached hydrogen (secondary N) is 1. The summed E-state index contributed by atoms with van der Waals surface area (Å²) in [6.45, 7) is 3.21. The quantitative estimate of drug-likeness (QED) is 0.593. The fraction of sp³-hybridized carbons (Fsp3) is 0.294. The molecular weight excluding hydrogens is 366 g/mol. The predicted octanol–water partition coefficient (Wildman–Crippen LogP) is 5.94. The van der Waals surface area contributed by atoms with E-state index in [9.17, 15) is 0 Å². The topological polar surface area (TPSA) is 12.0 Å². The number of hydrogen-bond acceptors (Lipinski definition) is 2. The van der Waals surface area contributed by atoms with Crippen LogP contribution in [-0.4, -0.2) is 12.3 Å². The largest absolute Gasteiger partial charge is 0.309 e. The molecule has 2 aromatic rings. The van der Waals surface area contributed by atoms with Crippen molar-refractivity contribution in [3.05, 3.63) is 63.6 Å². The second kappa shape index (κ2) is 8.84. The Kier molecular flexibility index (Phi) is 7.11. The first-order chi connectivity index (χ1) is 10.2. The molecule has 0 aromatic heterocycles. The summed E-state index contributed by atoms with van der Waals surface area (Å²) < 4.78 is 1.12. The lowest BCUT2D eigenvalue weighted by molar-refractivity contribution is 0.577. The molecule has 4 heteroatoms. The number of halogens is 2. The van der Waals surface area contributed by atoms with E-state index >= 15 is 0 Å². The first kappa shape index (κ1) is 16.9. The van der Waals surface area contributed by atoms with Gasteiger partial charge in [0.1, 0.15) is 0 Å². The number of thioether (sulfide) groups is 1. The third-order valence-corrected chi connectivity index (χ3v) is 4.96. The molecule has 0 saturated carbocycles. The average molecular weight is 385 g/mol. The van der Waals surface area contributed by atoms with E-state index in [-0.39, 0.29) is 0 Å². The highest BCUT2D eigenvalue weighted by molar-refractivity contribution is 9.10. The monoisotopic (exact) mass is 383 g/mol. The van der Waals surface area contributed by atoms with E-state index in [1.807, 2.05) is 23.9 Å². The molecule has 0 heterocycles. The molecule has 1 atom stereocenters. The van der Waals surface area contributed by atoms with Gasteiger partial charge in [-0.2, -0.15) is 0 Å². The summed E-state index contributed by atoms with van der Waals surface area (Å²) in [6.07, 6.45) is 1.13. The molecule has 21 heavy (non-hydrogen) atoms. The highest BCUT2D eigenvalue weighted by Crippen LogP contribution is 2.27. The lowest BCUT2D eigenvalue weighted by atomic mass is 10.1. The van der Waals surface area contributed by atoms with Crippen molar-refractivity contribution < 1.29 is 0 Å². The second-order valence-electron chi connectivity index (χ2n) is 4.83. The lowest BCUT2D eigenvalue weighted by Gasteiger charge is -2.19. The maximum atomic E-state index is 5.98. The molecule has 0 bridgehead atoms. The maximum Gasteiger partial charge on any atom is 0.0415 e. The van der Waals surface area contributed by atoms with Crippen LogP contribution in [0.3, 0.4) is 0 Å². The third kappa shape index (κ3) is 5.67. The van der Waals surface area contributed by atoms with Gasteiger partial charge in [-0.05, 0) is 48.9 Å². The van der Waals surface area contributed by atoms with Crippen LogP contribution in [0.1, 0.15) is 24.9 Å². The molecule has 2 rings (SSSR count). The van der Waals surface area contributed by atoms with Gasteiger partial charge >= 0.3 is 0 Å². The molecule has 0 amide bonds. The van der Waals surface area contributed by atoms with Crippen molar-refractivity contribution in [2.75, 3.05) is 12.3 Å². The average Bonchev–Trinajstić information content (AvgIpc) is 2.49. The number of hydrogen-bond donors (Lipinski definition) is 1. The molecule has 1 unspecified atom stereocenters. The Morgan fingerprint density at radius 1 is 1.19 bits per heavy atom. The normalized spacial score (nSPS) is 12.3. The van der Waals surface area contributed by atoms with Crippen molar-refractivity contribution >= 4 is 39.3 Å². The van der Waals surface area contributed by atoms with Crippen molar-refractivity contribution in [3.8, 4) is 0 Å². The van der Waals surface area contributed by atoms with E-state index < -0.39 is 0 Å². The molecule has 0 fully saturated rings. The summed E-state index contributed by atoms with van der Waals surface area (Å²) in [4.78, 5) is 1.28. The fourth-order valence-electron chi connectivity index (χ4n) is 2.02. The maximum absolute atomic E-state index is 5.98. The van der Waals surface area contributed by atoms with Gasteiger partial charge in [-0.15, -0.1) is 11.8 Å². The standard InChI is InChI=1S/C17H19BrClNS/c1-2-10-20-17(13-6-8-15(19)9-7-13)12-21-16-5-3-4-14(18)11-16/h3-9,11,17,20H,2,10,12H2,1H3. The Morgan fingerprint density at radius 3 is 2.62 bits per heavy atom. The highest BCUT2D eigenvalue weighted by Gasteiger charge is 2.11. The van der Waals surface area contributed by atoms with Crippen LogP contribution in [0.2, 0.25) is 5.02 Å². The van der Waals surface area contributed by atoms with Gasteiger partial charge < -0.3 is 5.32 Å². The fourth-order valence-corrected chi connectivity index (χ4v) is 3.75. The Balaban J connectivity index is 2.04. The Morgan fingerprint density at radius 2 is 1.95 bits per heavy atom. The van der Waals surface area contributed by atoms with Crippen LogP contribution in [0, 0.1) is 0 Å². The molecule has 1 N–H and O–H groups in total. The van der Waals surface area contributed by atoms with E-state index in [2.05, 4.69) is 64.6 Å². The summed E-state index contributed by atoms with van der Waals surface area (Å²) in [5, 5.41) is 4.40. The SMILES string of the molecule is CCCNC(CSc1cccc(Br)c1)c1ccc(Cl)cc1. The van der Waals surface area contributed by atoms with E-state index in [1.54, 1.807) is 0 Å². The van der Waals surface area contributed by atoms with Crippen LogP contribution in [0.15, 0.2) is 57.9 Å². The minimum atomic E-state index is 0.339. The van der Waals surface area contributed by atoms with Gasteiger partial charge in [0.2, 0.25) is 0 Å². The molecular formula is C17H19BrClNS. The van der Waals surface area contributed by atoms with Crippen molar-refractivity contribution in [1.29, 1.82) is 0 Å². The van der Waals surface area contributed by atoms with Crippen LogP contribution >= 0.6 is 39.3 Å². The van der Waals surface area contributed by atoms with Crippen molar-refractivity contribution in [3.63, 3.8) is 0 Å². The van der Waals surface area contributed by atoms with Crippen LogP contribution in [0.5, 0.6) is 0 Å². The van der Waals surface area contributed by atoms with Gasteiger partial charge in [-0.25, -0.2) is 0 Å². The van der Waals surface area contributed by atoms with Crippen LogP contribution < -0.4 is 5.32 Å². The minimum absolute atomic E-state index is 0.339. The van der Waals surface area contributed by atoms with E-state index in [0.29, 0.717) is 6.04 Å². The minimum Gasteiger partial charge on any atom is -0.309 e. The van der Waals surface area contributed by atoms with Crippen LogP contribution in [-0.2, 0) is 0 Å². The summed E-state index contributed by atoms with van der Waals surface area (Å²) >= 11 is 11.4. The van der Waals surface area contributed by atoms with Gasteiger partial charge in [0.15, 0.2) is 0 Å². The molecule has 0 aliphatic carbocycles. The zero-order valence-electron chi connectivity index (χ0n) is 12.0. The van der Waals surface area contributed by atoms with Gasteiger partial charge in [0.25, 0.3) is 0 Å². The Bertz CT molecular complexity index is 559. The molecule has 0 saturated heterocycles. The molecule has 0 aliphatic heterocycles. The Labute approximate surface area is 144 Å². The first-order valence-corrected chi connectivity index (χ1v) is 9.22. The molecule has 1 nitrogen and oxygen atoms in total. The van der Waals surface area contributed by atoms with E-state index in [1.165, 1.54) is 10.5 Å². The van der Waals surface area contributed by atoms with Gasteiger partial charge in [-0.1, -0.05) is 52.7 Å². The summed E-state index contributed by atoms with van der Waals surface area (Å²) in [5.74, 6) is 0.998. The van der Waals surface area contributed by atoms with Gasteiger partial charge in [0.05, 0.1) is 0 Å². The summed E-state index contributed by atoms with van der Waals surface area (Å²) in [5.41, 5.74) is 1.29. The molecule has 0 spiro atoms. The van der Waals surface area contributed by atoms with Crippen molar-refractivity contribution in [1.82, 2.24) is 5.32 Å². The van der Waals surface area contributed by atoms with Crippen LogP contribution in [0.4, 0.5) is 0 Å². The number of benzene rings is 2. The lowest BCUT2D eigenvalue weighted by Crippen LogP contribution is -2.24. The smallest absolute Gasteiger partial charge is 0.0415 e. The van der Waals surface area contributed by atoms with Crippen molar-refractivity contribution in [2.24, 2.45) is 0 Å². The Hall–Kier alpha value is -0.480.